The van der Waals surface area contributed by atoms with Gasteiger partial charge in [0.25, 0.3) is 0 Å². The third-order valence-corrected chi connectivity index (χ3v) is 5.84. The van der Waals surface area contributed by atoms with Crippen molar-refractivity contribution in [1.29, 1.82) is 0 Å². The minimum atomic E-state index is -2.53. The largest absolute Gasteiger partial charge is 0.500 e. The molecule has 0 saturated carbocycles. The summed E-state index contributed by atoms with van der Waals surface area (Å²) in [6.45, 7) is 2.00. The van der Waals surface area contributed by atoms with Crippen LogP contribution >= 0.6 is 0 Å². The average Bonchev–Trinajstić information content (AvgIpc) is 2.36. The van der Waals surface area contributed by atoms with Crippen LogP contribution in [0.5, 0.6) is 0 Å². The Bertz CT molecular complexity index is 200. The maximum absolute atomic E-state index is 10.5. The van der Waals surface area contributed by atoms with Crippen molar-refractivity contribution in [2.75, 3.05) is 28.4 Å². The van der Waals surface area contributed by atoms with Gasteiger partial charge in [0, 0.05) is 40.9 Å². The van der Waals surface area contributed by atoms with Gasteiger partial charge in [0.05, 0.1) is 6.10 Å². The molecule has 0 amide bonds. The van der Waals surface area contributed by atoms with Gasteiger partial charge in [0.1, 0.15) is 6.29 Å². The van der Waals surface area contributed by atoms with Crippen molar-refractivity contribution in [3.05, 3.63) is 0 Å². The van der Waals surface area contributed by atoms with E-state index in [9.17, 15) is 4.79 Å². The van der Waals surface area contributed by atoms with Gasteiger partial charge in [-0.15, -0.1) is 0 Å². The third-order valence-electron chi connectivity index (χ3n) is 3.07. The monoisotopic (exact) mass is 264 g/mol. The Labute approximate surface area is 105 Å². The molecule has 0 N–H and O–H groups in total. The lowest BCUT2D eigenvalue weighted by molar-refractivity contribution is -0.109. The normalized spacial score (nSPS) is 15.6. The summed E-state index contributed by atoms with van der Waals surface area (Å²) in [5.41, 5.74) is 0. The van der Waals surface area contributed by atoms with E-state index in [0.717, 1.165) is 12.7 Å². The first-order valence-corrected chi connectivity index (χ1v) is 7.64. The highest BCUT2D eigenvalue weighted by Crippen LogP contribution is 2.22. The molecule has 6 heteroatoms. The number of carbonyl (C=O) groups excluding carboxylic acids is 1. The summed E-state index contributed by atoms with van der Waals surface area (Å²) in [5.74, 6) is 0.190. The van der Waals surface area contributed by atoms with Crippen LogP contribution in [0.25, 0.3) is 0 Å². The predicted molar refractivity (Wildman–Crippen MR) is 66.8 cm³/mol. The second-order valence-corrected chi connectivity index (χ2v) is 7.08. The molecule has 0 aliphatic rings. The van der Waals surface area contributed by atoms with Crippen molar-refractivity contribution < 1.29 is 22.8 Å². The van der Waals surface area contributed by atoms with E-state index in [-0.39, 0.29) is 12.0 Å². The first-order chi connectivity index (χ1) is 8.09. The second kappa shape index (κ2) is 8.76. The molecule has 0 aromatic carbocycles. The summed E-state index contributed by atoms with van der Waals surface area (Å²) >= 11 is 0. The lowest BCUT2D eigenvalue weighted by Crippen LogP contribution is -2.43. The molecule has 0 saturated heterocycles. The zero-order valence-electron chi connectivity index (χ0n) is 11.4. The number of rotatable bonds is 10. The van der Waals surface area contributed by atoms with Crippen LogP contribution in [0.15, 0.2) is 0 Å². The van der Waals surface area contributed by atoms with Gasteiger partial charge < -0.3 is 22.8 Å². The maximum Gasteiger partial charge on any atom is 0.500 e. The lowest BCUT2D eigenvalue weighted by Gasteiger charge is -2.27. The lowest BCUT2D eigenvalue weighted by atomic mass is 10.00. The molecule has 17 heavy (non-hydrogen) atoms. The predicted octanol–water partition coefficient (Wildman–Crippen LogP) is 1.49. The van der Waals surface area contributed by atoms with Crippen LogP contribution < -0.4 is 0 Å². The number of hydrogen-bond acceptors (Lipinski definition) is 5. The number of ether oxygens (including phenoxy) is 1. The van der Waals surface area contributed by atoms with E-state index in [4.69, 9.17) is 18.0 Å². The molecule has 0 aliphatic heterocycles. The fourth-order valence-corrected chi connectivity index (χ4v) is 3.56. The first-order valence-electron chi connectivity index (χ1n) is 5.71. The van der Waals surface area contributed by atoms with Gasteiger partial charge in [0.2, 0.25) is 0 Å². The van der Waals surface area contributed by atoms with Crippen LogP contribution in [0.4, 0.5) is 0 Å². The standard InChI is InChI=1S/C11H24O5Si/c1-10(6-8-12)11(13-2)7-9-17(14-3,15-4)16-5/h8,10-11H,6-7,9H2,1-5H3. The van der Waals surface area contributed by atoms with Crippen LogP contribution in [-0.2, 0) is 22.8 Å². The molecule has 0 aliphatic carbocycles. The quantitative estimate of drug-likeness (QED) is 0.442. The van der Waals surface area contributed by atoms with E-state index in [1.54, 1.807) is 28.4 Å². The molecule has 0 heterocycles. The smallest absolute Gasteiger partial charge is 0.381 e. The zero-order valence-corrected chi connectivity index (χ0v) is 12.4. The molecule has 102 valence electrons. The molecule has 0 bridgehead atoms. The number of aldehydes is 1. The molecular formula is C11H24O5Si. The van der Waals surface area contributed by atoms with Gasteiger partial charge in [-0.25, -0.2) is 0 Å². The third kappa shape index (κ3) is 5.26. The zero-order chi connectivity index (χ0) is 13.3. The number of carbonyl (C=O) groups is 1. The molecule has 0 radical (unpaired) electrons. The van der Waals surface area contributed by atoms with Crippen molar-refractivity contribution in [2.24, 2.45) is 5.92 Å². The van der Waals surface area contributed by atoms with Crippen LogP contribution in [0.1, 0.15) is 19.8 Å². The molecule has 0 spiro atoms. The highest BCUT2D eigenvalue weighted by atomic mass is 28.4. The molecule has 0 aromatic rings. The topological polar surface area (TPSA) is 54.0 Å². The summed E-state index contributed by atoms with van der Waals surface area (Å²) in [5, 5.41) is 0. The van der Waals surface area contributed by atoms with Crippen LogP contribution in [0, 0.1) is 5.92 Å². The van der Waals surface area contributed by atoms with E-state index in [2.05, 4.69) is 0 Å². The first kappa shape index (κ1) is 16.7. The molecule has 0 fully saturated rings. The Morgan fingerprint density at radius 2 is 1.65 bits per heavy atom. The Hall–Kier alpha value is -0.273. The van der Waals surface area contributed by atoms with Crippen molar-refractivity contribution in [3.63, 3.8) is 0 Å². The molecule has 2 atom stereocenters. The Kier molecular flexibility index (Phi) is 8.62. The van der Waals surface area contributed by atoms with E-state index in [1.165, 1.54) is 0 Å². The SMILES string of the molecule is COC(CC[Si](OC)(OC)OC)C(C)CC=O. The van der Waals surface area contributed by atoms with Gasteiger partial charge >= 0.3 is 8.80 Å². The summed E-state index contributed by atoms with van der Waals surface area (Å²) in [6, 6.07) is 0.679. The molecule has 5 nitrogen and oxygen atoms in total. The van der Waals surface area contributed by atoms with Crippen LogP contribution in [0.3, 0.4) is 0 Å². The van der Waals surface area contributed by atoms with Crippen LogP contribution in [0.2, 0.25) is 6.04 Å². The Morgan fingerprint density at radius 1 is 1.12 bits per heavy atom. The van der Waals surface area contributed by atoms with Gasteiger partial charge in [-0.05, 0) is 12.3 Å². The second-order valence-electron chi connectivity index (χ2n) is 3.99. The summed E-state index contributed by atoms with van der Waals surface area (Å²) in [7, 11) is 3.90. The summed E-state index contributed by atoms with van der Waals surface area (Å²) < 4.78 is 21.4. The van der Waals surface area contributed by atoms with E-state index in [1.807, 2.05) is 6.92 Å². The Morgan fingerprint density at radius 3 is 2.00 bits per heavy atom. The Balaban J connectivity index is 4.33. The summed E-state index contributed by atoms with van der Waals surface area (Å²) in [6.07, 6.45) is 2.20. The maximum atomic E-state index is 10.5. The summed E-state index contributed by atoms with van der Waals surface area (Å²) in [4.78, 5) is 10.5. The van der Waals surface area contributed by atoms with Gasteiger partial charge in [-0.2, -0.15) is 0 Å². The molecular weight excluding hydrogens is 240 g/mol. The molecule has 0 rings (SSSR count). The highest BCUT2D eigenvalue weighted by molar-refractivity contribution is 6.60. The van der Waals surface area contributed by atoms with Gasteiger partial charge in [-0.1, -0.05) is 6.92 Å². The minimum absolute atomic E-state index is 0.0209. The van der Waals surface area contributed by atoms with Crippen molar-refractivity contribution in [1.82, 2.24) is 0 Å². The van der Waals surface area contributed by atoms with E-state index < -0.39 is 8.80 Å². The molecule has 0 aromatic heterocycles. The fourth-order valence-electron chi connectivity index (χ4n) is 1.81. The van der Waals surface area contributed by atoms with E-state index in [0.29, 0.717) is 12.5 Å². The van der Waals surface area contributed by atoms with Crippen molar-refractivity contribution in [3.8, 4) is 0 Å². The molecule has 2 unspecified atom stereocenters. The number of methoxy groups -OCH3 is 1. The van der Waals surface area contributed by atoms with Crippen LogP contribution in [-0.4, -0.2) is 49.6 Å². The van der Waals surface area contributed by atoms with Gasteiger partial charge in [0.15, 0.2) is 0 Å². The van der Waals surface area contributed by atoms with E-state index >= 15 is 0 Å². The average molecular weight is 264 g/mol. The fraction of sp³-hybridized carbons (Fsp3) is 0.909. The van der Waals surface area contributed by atoms with Crippen molar-refractivity contribution in [2.45, 2.75) is 31.9 Å². The highest BCUT2D eigenvalue weighted by Gasteiger charge is 2.38. The van der Waals surface area contributed by atoms with Crippen molar-refractivity contribution >= 4 is 15.1 Å². The minimum Gasteiger partial charge on any atom is -0.381 e. The number of hydrogen-bond donors (Lipinski definition) is 0. The van der Waals surface area contributed by atoms with Gasteiger partial charge in [-0.3, -0.25) is 0 Å².